The zero-order valence-corrected chi connectivity index (χ0v) is 10.8. The fourth-order valence-corrected chi connectivity index (χ4v) is 2.20. The fraction of sp³-hybridized carbons (Fsp3) is 1.00. The number of rotatable bonds is 4. The van der Waals surface area contributed by atoms with E-state index in [-0.39, 0.29) is 4.92 Å². The summed E-state index contributed by atoms with van der Waals surface area (Å²) in [5.74, 6) is 0. The van der Waals surface area contributed by atoms with Crippen LogP contribution in [0, 0.1) is 10.1 Å². The van der Waals surface area contributed by atoms with Crippen molar-refractivity contribution in [2.45, 2.75) is 38.3 Å². The van der Waals surface area contributed by atoms with Crippen LogP contribution >= 0.6 is 0 Å². The van der Waals surface area contributed by atoms with Crippen molar-refractivity contribution in [1.29, 1.82) is 0 Å². The van der Waals surface area contributed by atoms with Crippen molar-refractivity contribution in [2.75, 3.05) is 33.7 Å². The Labute approximate surface area is 97.6 Å². The van der Waals surface area contributed by atoms with E-state index in [0.717, 1.165) is 25.9 Å². The molecule has 1 fully saturated rings. The van der Waals surface area contributed by atoms with Gasteiger partial charge in [0.1, 0.15) is 0 Å². The van der Waals surface area contributed by atoms with Gasteiger partial charge in [-0.15, -0.1) is 0 Å². The highest BCUT2D eigenvalue weighted by molar-refractivity contribution is 4.81. The highest BCUT2D eigenvalue weighted by atomic mass is 16.6. The molecule has 0 aromatic heterocycles. The molecule has 0 saturated carbocycles. The Balaban J connectivity index is 2.40. The third kappa shape index (κ3) is 3.42. The van der Waals surface area contributed by atoms with Crippen LogP contribution in [0.25, 0.3) is 0 Å². The largest absolute Gasteiger partial charge is 0.306 e. The van der Waals surface area contributed by atoms with E-state index in [0.29, 0.717) is 12.6 Å². The summed E-state index contributed by atoms with van der Waals surface area (Å²) < 4.78 is 0. The quantitative estimate of drug-likeness (QED) is 0.534. The summed E-state index contributed by atoms with van der Waals surface area (Å²) in [6.45, 7) is 5.90. The van der Waals surface area contributed by atoms with E-state index >= 15 is 0 Å². The maximum absolute atomic E-state index is 10.8. The number of nitro groups is 1. The summed E-state index contributed by atoms with van der Waals surface area (Å²) in [5, 5.41) is 10.8. The lowest BCUT2D eigenvalue weighted by Crippen LogP contribution is -2.49. The van der Waals surface area contributed by atoms with E-state index in [2.05, 4.69) is 23.9 Å². The Bertz CT molecular complexity index is 246. The minimum absolute atomic E-state index is 0.176. The Kier molecular flexibility index (Phi) is 4.27. The lowest BCUT2D eigenvalue weighted by molar-refractivity contribution is -0.561. The molecule has 0 amide bonds. The SMILES string of the molecule is CN(C)C1CCN(CC(C)(C)[N+](=O)[O-])CC1. The first-order valence-corrected chi connectivity index (χ1v) is 5.86. The summed E-state index contributed by atoms with van der Waals surface area (Å²) >= 11 is 0. The molecule has 5 heteroatoms. The van der Waals surface area contributed by atoms with Gasteiger partial charge in [0, 0.05) is 24.8 Å². The van der Waals surface area contributed by atoms with Gasteiger partial charge < -0.3 is 4.90 Å². The minimum Gasteiger partial charge on any atom is -0.306 e. The van der Waals surface area contributed by atoms with E-state index in [4.69, 9.17) is 0 Å². The molecular weight excluding hydrogens is 206 g/mol. The number of nitrogens with zero attached hydrogens (tertiary/aromatic N) is 3. The van der Waals surface area contributed by atoms with Crippen molar-refractivity contribution in [3.05, 3.63) is 10.1 Å². The maximum atomic E-state index is 10.8. The van der Waals surface area contributed by atoms with Crippen molar-refractivity contribution < 1.29 is 4.92 Å². The standard InChI is InChI=1S/C11H23N3O2/c1-11(2,14(15)16)9-13-7-5-10(6-8-13)12(3)4/h10H,5-9H2,1-4H3. The van der Waals surface area contributed by atoms with Crippen molar-refractivity contribution in [3.8, 4) is 0 Å². The van der Waals surface area contributed by atoms with Crippen molar-refractivity contribution in [1.82, 2.24) is 9.80 Å². The van der Waals surface area contributed by atoms with E-state index in [1.165, 1.54) is 0 Å². The molecule has 0 N–H and O–H groups in total. The molecular formula is C11H23N3O2. The van der Waals surface area contributed by atoms with Crippen molar-refractivity contribution in [2.24, 2.45) is 0 Å². The zero-order valence-electron chi connectivity index (χ0n) is 10.8. The van der Waals surface area contributed by atoms with Gasteiger partial charge in [-0.2, -0.15) is 0 Å². The first-order chi connectivity index (χ1) is 7.33. The molecule has 1 aliphatic rings. The van der Waals surface area contributed by atoms with Gasteiger partial charge in [-0.05, 0) is 40.0 Å². The number of likely N-dealkylation sites (tertiary alicyclic amines) is 1. The summed E-state index contributed by atoms with van der Waals surface area (Å²) in [6.07, 6.45) is 2.22. The van der Waals surface area contributed by atoms with Crippen LogP contribution in [-0.2, 0) is 0 Å². The molecule has 1 aliphatic heterocycles. The Morgan fingerprint density at radius 2 is 1.88 bits per heavy atom. The molecule has 0 spiro atoms. The van der Waals surface area contributed by atoms with Gasteiger partial charge in [0.05, 0.1) is 6.54 Å². The molecule has 1 saturated heterocycles. The summed E-state index contributed by atoms with van der Waals surface area (Å²) in [7, 11) is 4.20. The Morgan fingerprint density at radius 3 is 2.25 bits per heavy atom. The number of piperidine rings is 1. The van der Waals surface area contributed by atoms with Gasteiger partial charge in [-0.1, -0.05) is 0 Å². The van der Waals surface area contributed by atoms with Crippen LogP contribution < -0.4 is 0 Å². The van der Waals surface area contributed by atoms with E-state index < -0.39 is 5.54 Å². The predicted octanol–water partition coefficient (Wildman–Crippen LogP) is 1.07. The van der Waals surface area contributed by atoms with Crippen LogP contribution in [0.1, 0.15) is 26.7 Å². The zero-order chi connectivity index (χ0) is 12.3. The summed E-state index contributed by atoms with van der Waals surface area (Å²) in [5.41, 5.74) is -0.828. The third-order valence-electron chi connectivity index (χ3n) is 3.39. The maximum Gasteiger partial charge on any atom is 0.229 e. The van der Waals surface area contributed by atoms with Crippen LogP contribution in [0.5, 0.6) is 0 Å². The topological polar surface area (TPSA) is 49.6 Å². The fourth-order valence-electron chi connectivity index (χ4n) is 2.20. The van der Waals surface area contributed by atoms with E-state index in [1.54, 1.807) is 13.8 Å². The highest BCUT2D eigenvalue weighted by Crippen LogP contribution is 2.17. The first kappa shape index (κ1) is 13.4. The van der Waals surface area contributed by atoms with Crippen LogP contribution in [0.3, 0.4) is 0 Å². The molecule has 94 valence electrons. The second-order valence-corrected chi connectivity index (χ2v) is 5.54. The molecule has 1 rings (SSSR count). The van der Waals surface area contributed by atoms with Crippen LogP contribution in [-0.4, -0.2) is 60.0 Å². The molecule has 0 unspecified atom stereocenters. The number of hydrogen-bond donors (Lipinski definition) is 0. The Hall–Kier alpha value is -0.680. The predicted molar refractivity (Wildman–Crippen MR) is 64.2 cm³/mol. The second-order valence-electron chi connectivity index (χ2n) is 5.54. The smallest absolute Gasteiger partial charge is 0.229 e. The minimum atomic E-state index is -0.828. The van der Waals surface area contributed by atoms with Gasteiger partial charge in [-0.3, -0.25) is 15.0 Å². The monoisotopic (exact) mass is 229 g/mol. The van der Waals surface area contributed by atoms with E-state index in [1.807, 2.05) is 0 Å². The normalized spacial score (nSPS) is 20.3. The summed E-state index contributed by atoms with van der Waals surface area (Å²) in [6, 6.07) is 0.634. The van der Waals surface area contributed by atoms with Crippen LogP contribution in [0.15, 0.2) is 0 Å². The van der Waals surface area contributed by atoms with Crippen LogP contribution in [0.4, 0.5) is 0 Å². The Morgan fingerprint density at radius 1 is 1.38 bits per heavy atom. The van der Waals surface area contributed by atoms with Gasteiger partial charge in [0.15, 0.2) is 0 Å². The average molecular weight is 229 g/mol. The van der Waals surface area contributed by atoms with Crippen molar-refractivity contribution in [3.63, 3.8) is 0 Å². The molecule has 0 bridgehead atoms. The molecule has 0 aromatic carbocycles. The lowest BCUT2D eigenvalue weighted by atomic mass is 10.0. The molecule has 0 radical (unpaired) electrons. The third-order valence-corrected chi connectivity index (χ3v) is 3.39. The molecule has 1 heterocycles. The average Bonchev–Trinajstić information content (AvgIpc) is 2.17. The highest BCUT2D eigenvalue weighted by Gasteiger charge is 2.34. The summed E-state index contributed by atoms with van der Waals surface area (Å²) in [4.78, 5) is 15.1. The first-order valence-electron chi connectivity index (χ1n) is 5.86. The van der Waals surface area contributed by atoms with Crippen molar-refractivity contribution >= 4 is 0 Å². The molecule has 0 atom stereocenters. The molecule has 16 heavy (non-hydrogen) atoms. The second kappa shape index (κ2) is 5.10. The lowest BCUT2D eigenvalue weighted by Gasteiger charge is -2.36. The molecule has 0 aromatic rings. The van der Waals surface area contributed by atoms with Gasteiger partial charge >= 0.3 is 0 Å². The van der Waals surface area contributed by atoms with Gasteiger partial charge in [0.25, 0.3) is 0 Å². The molecule has 0 aliphatic carbocycles. The van der Waals surface area contributed by atoms with Gasteiger partial charge in [0.2, 0.25) is 5.54 Å². The van der Waals surface area contributed by atoms with Gasteiger partial charge in [-0.25, -0.2) is 0 Å². The van der Waals surface area contributed by atoms with Crippen LogP contribution in [0.2, 0.25) is 0 Å². The molecule has 5 nitrogen and oxygen atoms in total. The van der Waals surface area contributed by atoms with E-state index in [9.17, 15) is 10.1 Å². The number of hydrogen-bond acceptors (Lipinski definition) is 4.